The average molecular weight is 277 g/mol. The second-order valence-corrected chi connectivity index (χ2v) is 8.90. The van der Waals surface area contributed by atoms with Crippen LogP contribution in [0, 0.1) is 5.92 Å². The van der Waals surface area contributed by atoms with E-state index in [-0.39, 0.29) is 12.6 Å². The average Bonchev–Trinajstić information content (AvgIpc) is 3.05. The molecule has 1 rings (SSSR count). The number of rotatable bonds is 7. The van der Waals surface area contributed by atoms with E-state index in [9.17, 15) is 13.5 Å². The van der Waals surface area contributed by atoms with Crippen molar-refractivity contribution in [3.63, 3.8) is 0 Å². The zero-order valence-corrected chi connectivity index (χ0v) is 12.8. The molecule has 1 aliphatic rings. The number of sulfonamides is 1. The molecule has 1 N–H and O–H groups in total. The van der Waals surface area contributed by atoms with Gasteiger partial charge >= 0.3 is 0 Å². The van der Waals surface area contributed by atoms with Gasteiger partial charge in [0, 0.05) is 12.6 Å². The van der Waals surface area contributed by atoms with Gasteiger partial charge in [0.2, 0.25) is 10.0 Å². The van der Waals surface area contributed by atoms with Gasteiger partial charge in [-0.1, -0.05) is 13.3 Å². The Morgan fingerprint density at radius 2 is 1.89 bits per heavy atom. The van der Waals surface area contributed by atoms with Gasteiger partial charge in [-0.05, 0) is 46.0 Å². The zero-order valence-electron chi connectivity index (χ0n) is 12.0. The molecular weight excluding hydrogens is 250 g/mol. The van der Waals surface area contributed by atoms with E-state index < -0.39 is 14.8 Å². The smallest absolute Gasteiger partial charge is 0.219 e. The highest BCUT2D eigenvalue weighted by molar-refractivity contribution is 7.90. The molecule has 0 saturated heterocycles. The highest BCUT2D eigenvalue weighted by Gasteiger charge is 2.41. The van der Waals surface area contributed by atoms with E-state index in [1.54, 1.807) is 25.1 Å². The van der Waals surface area contributed by atoms with Gasteiger partial charge in [0.05, 0.1) is 11.4 Å². The Bertz CT molecular complexity index is 355. The van der Waals surface area contributed by atoms with Crippen molar-refractivity contribution in [3.8, 4) is 0 Å². The third-order valence-electron chi connectivity index (χ3n) is 3.46. The molecule has 1 atom stereocenters. The maximum absolute atomic E-state index is 12.6. The van der Waals surface area contributed by atoms with Crippen LogP contribution in [0.3, 0.4) is 0 Å². The largest absolute Gasteiger partial charge is 0.395 e. The first-order valence-electron chi connectivity index (χ1n) is 6.86. The normalized spacial score (nSPS) is 19.2. The van der Waals surface area contributed by atoms with Crippen LogP contribution in [0.2, 0.25) is 0 Å². The lowest BCUT2D eigenvalue weighted by molar-refractivity contribution is 0.173. The van der Waals surface area contributed by atoms with Crippen LogP contribution in [0.25, 0.3) is 0 Å². The number of hydrogen-bond acceptors (Lipinski definition) is 3. The van der Waals surface area contributed by atoms with Gasteiger partial charge in [0.1, 0.15) is 0 Å². The van der Waals surface area contributed by atoms with Gasteiger partial charge in [-0.2, -0.15) is 4.31 Å². The molecule has 0 aliphatic heterocycles. The summed E-state index contributed by atoms with van der Waals surface area (Å²) in [7, 11) is -3.35. The lowest BCUT2D eigenvalue weighted by Crippen LogP contribution is -2.50. The first-order chi connectivity index (χ1) is 8.24. The van der Waals surface area contributed by atoms with Crippen molar-refractivity contribution in [2.45, 2.75) is 64.2 Å². The van der Waals surface area contributed by atoms with Crippen molar-refractivity contribution in [1.82, 2.24) is 4.31 Å². The van der Waals surface area contributed by atoms with Gasteiger partial charge in [0.15, 0.2) is 0 Å². The molecule has 1 saturated carbocycles. The van der Waals surface area contributed by atoms with E-state index in [2.05, 4.69) is 0 Å². The molecule has 0 aromatic carbocycles. The maximum Gasteiger partial charge on any atom is 0.219 e. The SMILES string of the molecule is CCC[C@@H](CO)N(CC1CC1)S(=O)(=O)C(C)(C)C. The lowest BCUT2D eigenvalue weighted by atomic mass is 10.2. The fourth-order valence-corrected chi connectivity index (χ4v) is 3.68. The third-order valence-corrected chi connectivity index (χ3v) is 6.07. The third kappa shape index (κ3) is 3.68. The maximum atomic E-state index is 12.6. The molecule has 0 spiro atoms. The summed E-state index contributed by atoms with van der Waals surface area (Å²) in [6.07, 6.45) is 3.82. The fourth-order valence-electron chi connectivity index (χ4n) is 2.01. The minimum absolute atomic E-state index is 0.0874. The van der Waals surface area contributed by atoms with Crippen molar-refractivity contribution in [2.75, 3.05) is 13.2 Å². The van der Waals surface area contributed by atoms with Crippen molar-refractivity contribution in [2.24, 2.45) is 5.92 Å². The molecule has 18 heavy (non-hydrogen) atoms. The summed E-state index contributed by atoms with van der Waals surface area (Å²) in [6, 6.07) is -0.264. The molecule has 0 aromatic rings. The Hall–Kier alpha value is -0.130. The van der Waals surface area contributed by atoms with Crippen LogP contribution in [0.4, 0.5) is 0 Å². The summed E-state index contributed by atoms with van der Waals surface area (Å²) in [6.45, 7) is 7.68. The highest BCUT2D eigenvalue weighted by Crippen LogP contribution is 2.34. The molecule has 0 aromatic heterocycles. The topological polar surface area (TPSA) is 57.6 Å². The quantitative estimate of drug-likeness (QED) is 0.774. The molecule has 108 valence electrons. The molecule has 4 nitrogen and oxygen atoms in total. The molecule has 0 bridgehead atoms. The molecule has 5 heteroatoms. The first-order valence-corrected chi connectivity index (χ1v) is 8.30. The molecule has 0 unspecified atom stereocenters. The van der Waals surface area contributed by atoms with E-state index in [1.165, 1.54) is 0 Å². The highest BCUT2D eigenvalue weighted by atomic mass is 32.2. The summed E-state index contributed by atoms with van der Waals surface area (Å²) in [5.74, 6) is 0.494. The van der Waals surface area contributed by atoms with E-state index in [1.807, 2.05) is 6.92 Å². The van der Waals surface area contributed by atoms with Gasteiger partial charge in [0.25, 0.3) is 0 Å². The molecule has 1 fully saturated rings. The van der Waals surface area contributed by atoms with Gasteiger partial charge in [-0.25, -0.2) is 8.42 Å². The van der Waals surface area contributed by atoms with E-state index in [4.69, 9.17) is 0 Å². The van der Waals surface area contributed by atoms with Crippen LogP contribution in [0.5, 0.6) is 0 Å². The van der Waals surface area contributed by atoms with E-state index in [0.29, 0.717) is 12.5 Å². The second-order valence-electron chi connectivity index (χ2n) is 6.26. The first kappa shape index (κ1) is 15.9. The molecule has 0 heterocycles. The van der Waals surface area contributed by atoms with Crippen molar-refractivity contribution >= 4 is 10.0 Å². The summed E-state index contributed by atoms with van der Waals surface area (Å²) in [5, 5.41) is 9.48. The minimum atomic E-state index is -3.35. The van der Waals surface area contributed by atoms with Gasteiger partial charge in [-0.15, -0.1) is 0 Å². The predicted octanol–water partition coefficient (Wildman–Crippen LogP) is 1.99. The van der Waals surface area contributed by atoms with Crippen LogP contribution >= 0.6 is 0 Å². The summed E-state index contributed by atoms with van der Waals surface area (Å²) in [4.78, 5) is 0. The number of aliphatic hydroxyl groups excluding tert-OH is 1. The number of aliphatic hydroxyl groups is 1. The Morgan fingerprint density at radius 3 is 2.22 bits per heavy atom. The summed E-state index contributed by atoms with van der Waals surface area (Å²) < 4.78 is 26.0. The predicted molar refractivity (Wildman–Crippen MR) is 73.9 cm³/mol. The zero-order chi connectivity index (χ0) is 14.0. The molecule has 1 aliphatic carbocycles. The van der Waals surface area contributed by atoms with Crippen molar-refractivity contribution in [3.05, 3.63) is 0 Å². The number of hydrogen-bond donors (Lipinski definition) is 1. The lowest BCUT2D eigenvalue weighted by Gasteiger charge is -2.35. The van der Waals surface area contributed by atoms with Crippen LogP contribution in [0.1, 0.15) is 53.4 Å². The number of nitrogens with zero attached hydrogens (tertiary/aromatic N) is 1. The Morgan fingerprint density at radius 1 is 1.33 bits per heavy atom. The fraction of sp³-hybridized carbons (Fsp3) is 1.00. The van der Waals surface area contributed by atoms with Crippen LogP contribution < -0.4 is 0 Å². The summed E-state index contributed by atoms with van der Waals surface area (Å²) in [5.41, 5.74) is 0. The Kier molecular flexibility index (Phi) is 5.21. The van der Waals surface area contributed by atoms with E-state index in [0.717, 1.165) is 25.7 Å². The Balaban J connectivity index is 2.95. The van der Waals surface area contributed by atoms with Crippen LogP contribution in [0.15, 0.2) is 0 Å². The molecular formula is C13H27NO3S. The van der Waals surface area contributed by atoms with Crippen molar-refractivity contribution < 1.29 is 13.5 Å². The molecule has 0 amide bonds. The van der Waals surface area contributed by atoms with Gasteiger partial charge in [-0.3, -0.25) is 0 Å². The van der Waals surface area contributed by atoms with E-state index >= 15 is 0 Å². The second kappa shape index (κ2) is 5.88. The minimum Gasteiger partial charge on any atom is -0.395 e. The standard InChI is InChI=1S/C13H27NO3S/c1-5-6-12(10-15)14(9-11-7-8-11)18(16,17)13(2,3)4/h11-12,15H,5-10H2,1-4H3/t12-/m0/s1. The monoisotopic (exact) mass is 277 g/mol. The van der Waals surface area contributed by atoms with Crippen molar-refractivity contribution in [1.29, 1.82) is 0 Å². The van der Waals surface area contributed by atoms with Crippen LogP contribution in [-0.4, -0.2) is 41.8 Å². The van der Waals surface area contributed by atoms with Gasteiger partial charge < -0.3 is 5.11 Å². The Labute approximate surface area is 111 Å². The van der Waals surface area contributed by atoms with Crippen LogP contribution in [-0.2, 0) is 10.0 Å². The molecule has 0 radical (unpaired) electrons. The summed E-state index contributed by atoms with van der Waals surface area (Å²) >= 11 is 0.